The Morgan fingerprint density at radius 1 is 0.907 bits per heavy atom. The van der Waals surface area contributed by atoms with E-state index in [9.17, 15) is 18.0 Å². The van der Waals surface area contributed by atoms with E-state index in [1.807, 2.05) is 46.8 Å². The topological polar surface area (TPSA) is 105 Å². The van der Waals surface area contributed by atoms with Crippen LogP contribution in [0.4, 0.5) is 5.69 Å². The van der Waals surface area contributed by atoms with Gasteiger partial charge >= 0.3 is 0 Å². The van der Waals surface area contributed by atoms with Gasteiger partial charge < -0.3 is 19.7 Å². The van der Waals surface area contributed by atoms with Crippen molar-refractivity contribution in [2.45, 2.75) is 71.0 Å². The molecule has 0 saturated carbocycles. The second kappa shape index (κ2) is 15.4. The minimum Gasteiger partial charge on any atom is -0.497 e. The first kappa shape index (κ1) is 33.5. The lowest BCUT2D eigenvalue weighted by Gasteiger charge is -2.33. The van der Waals surface area contributed by atoms with Crippen LogP contribution in [0.5, 0.6) is 11.5 Å². The Hall–Kier alpha value is -4.05. The molecule has 0 bridgehead atoms. The standard InChI is InChI=1S/C33H43N3O6S/c1-7-25(5)34-33(38)31(8-2)35(22-26-11-10-12-29(21-26)41-6)32(37)23-36(27-15-13-24(4)14-16-27)43(39,40)30-19-17-28(18-20-30)42-9-3/h10-21,25,31H,7-9,22-23H2,1-6H3,(H,34,38)/t25-,31-/m1/s1. The lowest BCUT2D eigenvalue weighted by molar-refractivity contribution is -0.140. The first-order valence-corrected chi connectivity index (χ1v) is 16.0. The Morgan fingerprint density at radius 2 is 1.58 bits per heavy atom. The van der Waals surface area contributed by atoms with Crippen molar-refractivity contribution in [2.75, 3.05) is 24.6 Å². The molecule has 0 radical (unpaired) electrons. The van der Waals surface area contributed by atoms with E-state index in [0.717, 1.165) is 21.9 Å². The monoisotopic (exact) mass is 609 g/mol. The van der Waals surface area contributed by atoms with Gasteiger partial charge in [-0.25, -0.2) is 8.42 Å². The van der Waals surface area contributed by atoms with E-state index >= 15 is 0 Å². The maximum absolute atomic E-state index is 14.2. The van der Waals surface area contributed by atoms with E-state index in [0.29, 0.717) is 30.2 Å². The van der Waals surface area contributed by atoms with Crippen molar-refractivity contribution in [3.8, 4) is 11.5 Å². The van der Waals surface area contributed by atoms with Crippen molar-refractivity contribution in [2.24, 2.45) is 0 Å². The van der Waals surface area contributed by atoms with Crippen LogP contribution in [-0.4, -0.2) is 57.5 Å². The first-order chi connectivity index (χ1) is 20.5. The molecule has 2 amide bonds. The van der Waals surface area contributed by atoms with E-state index in [1.165, 1.54) is 17.0 Å². The number of aryl methyl sites for hydroxylation is 1. The van der Waals surface area contributed by atoms with Crippen molar-refractivity contribution < 1.29 is 27.5 Å². The molecule has 1 N–H and O–H groups in total. The highest BCUT2D eigenvalue weighted by atomic mass is 32.2. The van der Waals surface area contributed by atoms with Gasteiger partial charge in [0.1, 0.15) is 24.1 Å². The molecule has 0 aliphatic heterocycles. The SMILES string of the molecule is CCOc1ccc(S(=O)(=O)N(CC(=O)N(Cc2cccc(OC)c2)[C@H](CC)C(=O)N[C@H](C)CC)c2ccc(C)cc2)cc1. The fourth-order valence-corrected chi connectivity index (χ4v) is 5.98. The number of carbonyl (C=O) groups is 2. The molecule has 0 fully saturated rings. The molecule has 3 aromatic carbocycles. The van der Waals surface area contributed by atoms with Gasteiger partial charge in [-0.2, -0.15) is 0 Å². The molecule has 0 aliphatic rings. The molecule has 0 spiro atoms. The molecule has 3 rings (SSSR count). The summed E-state index contributed by atoms with van der Waals surface area (Å²) in [6.07, 6.45) is 1.07. The molecule has 0 aliphatic carbocycles. The Bertz CT molecular complexity index is 1460. The molecule has 10 heteroatoms. The number of nitrogens with one attached hydrogen (secondary N) is 1. The lowest BCUT2D eigenvalue weighted by atomic mass is 10.1. The normalized spacial score (nSPS) is 12.6. The van der Waals surface area contributed by atoms with Gasteiger partial charge in [-0.05, 0) is 87.7 Å². The minimum atomic E-state index is -4.18. The maximum Gasteiger partial charge on any atom is 0.264 e. The van der Waals surface area contributed by atoms with E-state index in [1.54, 1.807) is 55.6 Å². The fraction of sp³-hybridized carbons (Fsp3) is 0.394. The van der Waals surface area contributed by atoms with E-state index < -0.39 is 28.5 Å². The van der Waals surface area contributed by atoms with Crippen LogP contribution in [0.25, 0.3) is 0 Å². The number of carbonyl (C=O) groups excluding carboxylic acids is 2. The molecule has 0 aromatic heterocycles. The van der Waals surface area contributed by atoms with Crippen LogP contribution in [-0.2, 0) is 26.2 Å². The average molecular weight is 610 g/mol. The zero-order valence-corrected chi connectivity index (χ0v) is 26.7. The predicted molar refractivity (Wildman–Crippen MR) is 169 cm³/mol. The van der Waals surface area contributed by atoms with Crippen LogP contribution >= 0.6 is 0 Å². The second-order valence-electron chi connectivity index (χ2n) is 10.4. The van der Waals surface area contributed by atoms with Gasteiger partial charge in [-0.3, -0.25) is 13.9 Å². The summed E-state index contributed by atoms with van der Waals surface area (Å²) in [7, 11) is -2.62. The smallest absolute Gasteiger partial charge is 0.264 e. The largest absolute Gasteiger partial charge is 0.497 e. The summed E-state index contributed by atoms with van der Waals surface area (Å²) in [4.78, 5) is 29.1. The van der Waals surface area contributed by atoms with Crippen molar-refractivity contribution >= 4 is 27.5 Å². The summed E-state index contributed by atoms with van der Waals surface area (Å²) >= 11 is 0. The van der Waals surface area contributed by atoms with Gasteiger partial charge in [-0.15, -0.1) is 0 Å². The highest BCUT2D eigenvalue weighted by Crippen LogP contribution is 2.27. The van der Waals surface area contributed by atoms with Gasteiger partial charge in [0.2, 0.25) is 11.8 Å². The number of methoxy groups -OCH3 is 1. The number of amides is 2. The summed E-state index contributed by atoms with van der Waals surface area (Å²) in [6, 6.07) is 19.4. The number of anilines is 1. The number of nitrogens with zero attached hydrogens (tertiary/aromatic N) is 2. The Balaban J connectivity index is 2.06. The van der Waals surface area contributed by atoms with Crippen LogP contribution in [0.2, 0.25) is 0 Å². The molecule has 2 atom stereocenters. The predicted octanol–water partition coefficient (Wildman–Crippen LogP) is 5.32. The Labute approximate surface area is 255 Å². The number of hydrogen-bond donors (Lipinski definition) is 1. The molecule has 9 nitrogen and oxygen atoms in total. The molecular weight excluding hydrogens is 566 g/mol. The van der Waals surface area contributed by atoms with Crippen molar-refractivity contribution in [1.29, 1.82) is 0 Å². The molecule has 3 aromatic rings. The highest BCUT2D eigenvalue weighted by molar-refractivity contribution is 7.92. The third kappa shape index (κ3) is 8.73. The number of ether oxygens (including phenoxy) is 2. The van der Waals surface area contributed by atoms with Crippen LogP contribution in [0.1, 0.15) is 51.7 Å². The van der Waals surface area contributed by atoms with Crippen molar-refractivity contribution in [1.82, 2.24) is 10.2 Å². The first-order valence-electron chi connectivity index (χ1n) is 14.6. The van der Waals surface area contributed by atoms with Gasteiger partial charge in [0, 0.05) is 12.6 Å². The second-order valence-corrected chi connectivity index (χ2v) is 12.2. The summed E-state index contributed by atoms with van der Waals surface area (Å²) in [6.45, 7) is 9.49. The summed E-state index contributed by atoms with van der Waals surface area (Å²) in [5.74, 6) is 0.358. The zero-order chi connectivity index (χ0) is 31.6. The van der Waals surface area contributed by atoms with E-state index in [2.05, 4.69) is 5.32 Å². The number of sulfonamides is 1. The number of rotatable bonds is 15. The van der Waals surface area contributed by atoms with Crippen molar-refractivity contribution in [3.63, 3.8) is 0 Å². The van der Waals surface area contributed by atoms with Crippen LogP contribution in [0.3, 0.4) is 0 Å². The van der Waals surface area contributed by atoms with Gasteiger partial charge in [-0.1, -0.05) is 43.7 Å². The summed E-state index contributed by atoms with van der Waals surface area (Å²) < 4.78 is 40.1. The third-order valence-electron chi connectivity index (χ3n) is 7.20. The van der Waals surface area contributed by atoms with Crippen LogP contribution in [0, 0.1) is 6.92 Å². The highest BCUT2D eigenvalue weighted by Gasteiger charge is 2.34. The number of hydrogen-bond acceptors (Lipinski definition) is 6. The fourth-order valence-electron chi connectivity index (χ4n) is 4.57. The zero-order valence-electron chi connectivity index (χ0n) is 25.9. The van der Waals surface area contributed by atoms with Crippen LogP contribution < -0.4 is 19.1 Å². The van der Waals surface area contributed by atoms with E-state index in [-0.39, 0.29) is 23.4 Å². The van der Waals surface area contributed by atoms with E-state index in [4.69, 9.17) is 9.47 Å². The molecule has 43 heavy (non-hydrogen) atoms. The molecule has 0 saturated heterocycles. The minimum absolute atomic E-state index is 0.0187. The van der Waals surface area contributed by atoms with Gasteiger partial charge in [0.05, 0.1) is 24.3 Å². The van der Waals surface area contributed by atoms with Gasteiger partial charge in [0.15, 0.2) is 0 Å². The average Bonchev–Trinajstić information content (AvgIpc) is 3.00. The Kier molecular flexibility index (Phi) is 12.0. The third-order valence-corrected chi connectivity index (χ3v) is 8.99. The van der Waals surface area contributed by atoms with Crippen LogP contribution in [0.15, 0.2) is 77.7 Å². The quantitative estimate of drug-likeness (QED) is 0.250. The molecule has 0 unspecified atom stereocenters. The molecule has 0 heterocycles. The maximum atomic E-state index is 14.2. The van der Waals surface area contributed by atoms with Gasteiger partial charge in [0.25, 0.3) is 10.0 Å². The summed E-state index contributed by atoms with van der Waals surface area (Å²) in [5.41, 5.74) is 2.03. The number of benzene rings is 3. The van der Waals surface area contributed by atoms with Crippen molar-refractivity contribution in [3.05, 3.63) is 83.9 Å². The molecule has 232 valence electrons. The lowest BCUT2D eigenvalue weighted by Crippen LogP contribution is -2.53. The summed E-state index contributed by atoms with van der Waals surface area (Å²) in [5, 5.41) is 2.99. The Morgan fingerprint density at radius 3 is 2.16 bits per heavy atom. The molecular formula is C33H43N3O6S.